The SMILES string of the molecule is CCNC(=NCc1cnn(C)c1)NCc1ccc(OC)cc1. The molecule has 0 aliphatic carbocycles. The van der Waals surface area contributed by atoms with E-state index in [0.717, 1.165) is 23.8 Å². The van der Waals surface area contributed by atoms with Crippen LogP contribution in [0, 0.1) is 0 Å². The third kappa shape index (κ3) is 4.80. The zero-order chi connectivity index (χ0) is 15.8. The normalized spacial score (nSPS) is 11.3. The van der Waals surface area contributed by atoms with Gasteiger partial charge in [-0.05, 0) is 24.6 Å². The Hall–Kier alpha value is -2.50. The standard InChI is InChI=1S/C16H23N5O/c1-4-17-16(19-10-14-11-20-21(2)12-14)18-9-13-5-7-15(22-3)8-6-13/h5-8,11-12H,4,9-10H2,1-3H3,(H2,17,18,19). The first-order chi connectivity index (χ1) is 10.7. The van der Waals surface area contributed by atoms with E-state index in [0.29, 0.717) is 13.1 Å². The van der Waals surface area contributed by atoms with Gasteiger partial charge in [0, 0.05) is 31.9 Å². The summed E-state index contributed by atoms with van der Waals surface area (Å²) in [5.41, 5.74) is 2.26. The highest BCUT2D eigenvalue weighted by atomic mass is 16.5. The number of aromatic nitrogens is 2. The van der Waals surface area contributed by atoms with Crippen LogP contribution in [0.1, 0.15) is 18.1 Å². The zero-order valence-electron chi connectivity index (χ0n) is 13.3. The van der Waals surface area contributed by atoms with Crippen LogP contribution in [0.4, 0.5) is 0 Å². The molecule has 0 amide bonds. The van der Waals surface area contributed by atoms with Crippen LogP contribution in [-0.4, -0.2) is 29.4 Å². The lowest BCUT2D eigenvalue weighted by Gasteiger charge is -2.11. The Morgan fingerprint density at radius 3 is 2.59 bits per heavy atom. The molecule has 0 aliphatic rings. The fraction of sp³-hybridized carbons (Fsp3) is 0.375. The van der Waals surface area contributed by atoms with Crippen molar-refractivity contribution in [1.29, 1.82) is 0 Å². The molecule has 0 saturated heterocycles. The lowest BCUT2D eigenvalue weighted by Crippen LogP contribution is -2.36. The minimum atomic E-state index is 0.603. The summed E-state index contributed by atoms with van der Waals surface area (Å²) in [6.45, 7) is 4.19. The molecule has 2 aromatic rings. The Morgan fingerprint density at radius 2 is 2.00 bits per heavy atom. The highest BCUT2D eigenvalue weighted by Crippen LogP contribution is 2.10. The maximum absolute atomic E-state index is 5.16. The van der Waals surface area contributed by atoms with Gasteiger partial charge >= 0.3 is 0 Å². The predicted molar refractivity (Wildman–Crippen MR) is 87.9 cm³/mol. The summed E-state index contributed by atoms with van der Waals surface area (Å²) in [6, 6.07) is 7.99. The second-order valence-corrected chi connectivity index (χ2v) is 4.92. The van der Waals surface area contributed by atoms with Crippen LogP contribution in [-0.2, 0) is 20.1 Å². The van der Waals surface area contributed by atoms with Gasteiger partial charge in [-0.1, -0.05) is 12.1 Å². The monoisotopic (exact) mass is 301 g/mol. The number of aryl methyl sites for hydroxylation is 1. The van der Waals surface area contributed by atoms with Gasteiger partial charge in [0.05, 0.1) is 19.9 Å². The molecule has 0 radical (unpaired) electrons. The first-order valence-corrected chi connectivity index (χ1v) is 7.34. The molecular weight excluding hydrogens is 278 g/mol. The molecule has 0 fully saturated rings. The zero-order valence-corrected chi connectivity index (χ0v) is 13.3. The average molecular weight is 301 g/mol. The molecule has 0 unspecified atom stereocenters. The highest BCUT2D eigenvalue weighted by molar-refractivity contribution is 5.79. The number of hydrogen-bond donors (Lipinski definition) is 2. The van der Waals surface area contributed by atoms with Crippen molar-refractivity contribution in [1.82, 2.24) is 20.4 Å². The molecule has 1 aromatic heterocycles. The number of rotatable bonds is 6. The van der Waals surface area contributed by atoms with E-state index in [-0.39, 0.29) is 0 Å². The van der Waals surface area contributed by atoms with Crippen molar-refractivity contribution in [2.75, 3.05) is 13.7 Å². The van der Waals surface area contributed by atoms with Crippen LogP contribution in [0.25, 0.3) is 0 Å². The van der Waals surface area contributed by atoms with Crippen molar-refractivity contribution in [3.63, 3.8) is 0 Å². The molecule has 2 N–H and O–H groups in total. The van der Waals surface area contributed by atoms with E-state index in [1.807, 2.05) is 43.7 Å². The third-order valence-corrected chi connectivity index (χ3v) is 3.14. The second-order valence-electron chi connectivity index (χ2n) is 4.92. The average Bonchev–Trinajstić information content (AvgIpc) is 2.96. The predicted octanol–water partition coefficient (Wildman–Crippen LogP) is 1.68. The lowest BCUT2D eigenvalue weighted by molar-refractivity contribution is 0.414. The third-order valence-electron chi connectivity index (χ3n) is 3.14. The Balaban J connectivity index is 1.92. The largest absolute Gasteiger partial charge is 0.497 e. The summed E-state index contributed by atoms with van der Waals surface area (Å²) in [7, 11) is 3.57. The Labute approximate surface area is 131 Å². The van der Waals surface area contributed by atoms with Crippen molar-refractivity contribution in [2.45, 2.75) is 20.0 Å². The van der Waals surface area contributed by atoms with Gasteiger partial charge in [0.2, 0.25) is 0 Å². The number of aliphatic imine (C=N–C) groups is 1. The fourth-order valence-electron chi connectivity index (χ4n) is 1.99. The van der Waals surface area contributed by atoms with Crippen LogP contribution in [0.2, 0.25) is 0 Å². The quantitative estimate of drug-likeness (QED) is 0.629. The number of benzene rings is 1. The van der Waals surface area contributed by atoms with Gasteiger partial charge in [-0.3, -0.25) is 4.68 Å². The van der Waals surface area contributed by atoms with Gasteiger partial charge in [-0.25, -0.2) is 4.99 Å². The molecule has 118 valence electrons. The molecular formula is C16H23N5O. The van der Waals surface area contributed by atoms with E-state index in [2.05, 4.69) is 27.6 Å². The molecule has 1 heterocycles. The van der Waals surface area contributed by atoms with Gasteiger partial charge in [-0.15, -0.1) is 0 Å². The van der Waals surface area contributed by atoms with Crippen molar-refractivity contribution < 1.29 is 4.74 Å². The van der Waals surface area contributed by atoms with Crippen molar-refractivity contribution >= 4 is 5.96 Å². The van der Waals surface area contributed by atoms with Crippen molar-refractivity contribution in [2.24, 2.45) is 12.0 Å². The number of hydrogen-bond acceptors (Lipinski definition) is 3. The molecule has 0 bridgehead atoms. The molecule has 0 atom stereocenters. The summed E-state index contributed by atoms with van der Waals surface area (Å²) < 4.78 is 6.94. The van der Waals surface area contributed by atoms with E-state index >= 15 is 0 Å². The fourth-order valence-corrected chi connectivity index (χ4v) is 1.99. The number of methoxy groups -OCH3 is 1. The highest BCUT2D eigenvalue weighted by Gasteiger charge is 2.00. The Morgan fingerprint density at radius 1 is 1.23 bits per heavy atom. The summed E-state index contributed by atoms with van der Waals surface area (Å²) in [5, 5.41) is 10.7. The maximum atomic E-state index is 5.16. The van der Waals surface area contributed by atoms with Crippen LogP contribution in [0.15, 0.2) is 41.7 Å². The molecule has 6 heteroatoms. The number of guanidine groups is 1. The van der Waals surface area contributed by atoms with E-state index in [1.54, 1.807) is 11.8 Å². The summed E-state index contributed by atoms with van der Waals surface area (Å²) in [6.07, 6.45) is 3.80. The van der Waals surface area contributed by atoms with Gasteiger partial charge in [0.25, 0.3) is 0 Å². The maximum Gasteiger partial charge on any atom is 0.191 e. The minimum absolute atomic E-state index is 0.603. The second kappa shape index (κ2) is 8.07. The van der Waals surface area contributed by atoms with Gasteiger partial charge in [-0.2, -0.15) is 5.10 Å². The van der Waals surface area contributed by atoms with E-state index < -0.39 is 0 Å². The summed E-state index contributed by atoms with van der Waals surface area (Å²) in [5.74, 6) is 1.66. The summed E-state index contributed by atoms with van der Waals surface area (Å²) in [4.78, 5) is 4.56. The molecule has 0 spiro atoms. The van der Waals surface area contributed by atoms with Gasteiger partial charge in [0.1, 0.15) is 5.75 Å². The Bertz CT molecular complexity index is 603. The topological polar surface area (TPSA) is 63.5 Å². The molecule has 1 aromatic carbocycles. The van der Waals surface area contributed by atoms with Crippen molar-refractivity contribution in [3.05, 3.63) is 47.8 Å². The van der Waals surface area contributed by atoms with E-state index in [1.165, 1.54) is 5.56 Å². The van der Waals surface area contributed by atoms with Gasteiger partial charge in [0.15, 0.2) is 5.96 Å². The number of ether oxygens (including phenoxy) is 1. The first kappa shape index (κ1) is 15.9. The van der Waals surface area contributed by atoms with Crippen molar-refractivity contribution in [3.8, 4) is 5.75 Å². The van der Waals surface area contributed by atoms with Crippen LogP contribution in [0.3, 0.4) is 0 Å². The van der Waals surface area contributed by atoms with Gasteiger partial charge < -0.3 is 15.4 Å². The molecule has 22 heavy (non-hydrogen) atoms. The molecule has 0 saturated carbocycles. The molecule has 6 nitrogen and oxygen atoms in total. The van der Waals surface area contributed by atoms with Crippen LogP contribution in [0.5, 0.6) is 5.75 Å². The summed E-state index contributed by atoms with van der Waals surface area (Å²) >= 11 is 0. The van der Waals surface area contributed by atoms with Crippen LogP contribution >= 0.6 is 0 Å². The van der Waals surface area contributed by atoms with Crippen LogP contribution < -0.4 is 15.4 Å². The number of nitrogens with one attached hydrogen (secondary N) is 2. The smallest absolute Gasteiger partial charge is 0.191 e. The molecule has 2 rings (SSSR count). The number of nitrogens with zero attached hydrogens (tertiary/aromatic N) is 3. The Kier molecular flexibility index (Phi) is 5.82. The minimum Gasteiger partial charge on any atom is -0.497 e. The first-order valence-electron chi connectivity index (χ1n) is 7.34. The van der Waals surface area contributed by atoms with E-state index in [9.17, 15) is 0 Å². The van der Waals surface area contributed by atoms with E-state index in [4.69, 9.17) is 4.74 Å². The molecule has 0 aliphatic heterocycles. The lowest BCUT2D eigenvalue weighted by atomic mass is 10.2.